The van der Waals surface area contributed by atoms with E-state index in [-0.39, 0.29) is 5.91 Å². The maximum Gasteiger partial charge on any atom is 0.274 e. The molecule has 3 aliphatic rings. The number of fused-ring (bicyclic) bond motifs is 2. The third-order valence-corrected chi connectivity index (χ3v) is 5.11. The average Bonchev–Trinajstić information content (AvgIpc) is 3.17. The SMILES string of the molecule is O=C(c1ccc(N2CCCC2)nn1)N1CCC2CCC(C1)N2. The van der Waals surface area contributed by atoms with E-state index in [9.17, 15) is 4.79 Å². The molecule has 3 fully saturated rings. The maximum atomic E-state index is 12.6. The van der Waals surface area contributed by atoms with Gasteiger partial charge in [0.15, 0.2) is 11.5 Å². The summed E-state index contributed by atoms with van der Waals surface area (Å²) in [6.07, 6.45) is 5.89. The molecular weight excluding hydrogens is 278 g/mol. The van der Waals surface area contributed by atoms with E-state index in [1.807, 2.05) is 17.0 Å². The Hall–Kier alpha value is -1.69. The van der Waals surface area contributed by atoms with Gasteiger partial charge in [-0.1, -0.05) is 0 Å². The van der Waals surface area contributed by atoms with Crippen molar-refractivity contribution in [3.8, 4) is 0 Å². The zero-order chi connectivity index (χ0) is 14.9. The van der Waals surface area contributed by atoms with Crippen molar-refractivity contribution >= 4 is 11.7 Å². The first-order chi connectivity index (χ1) is 10.8. The Morgan fingerprint density at radius 1 is 1.05 bits per heavy atom. The lowest BCUT2D eigenvalue weighted by Gasteiger charge is -2.24. The number of likely N-dealkylation sites (tertiary alicyclic amines) is 1. The minimum atomic E-state index is 0.0230. The van der Waals surface area contributed by atoms with Gasteiger partial charge >= 0.3 is 0 Å². The van der Waals surface area contributed by atoms with E-state index in [1.54, 1.807) is 0 Å². The number of rotatable bonds is 2. The number of nitrogens with one attached hydrogen (secondary N) is 1. The van der Waals surface area contributed by atoms with Gasteiger partial charge in [0, 0.05) is 38.3 Å². The van der Waals surface area contributed by atoms with Crippen molar-refractivity contribution < 1.29 is 4.79 Å². The van der Waals surface area contributed by atoms with Crippen LogP contribution in [0.5, 0.6) is 0 Å². The molecule has 0 radical (unpaired) electrons. The fourth-order valence-corrected chi connectivity index (χ4v) is 3.84. The molecule has 2 unspecified atom stereocenters. The number of nitrogens with zero attached hydrogens (tertiary/aromatic N) is 4. The van der Waals surface area contributed by atoms with Crippen LogP contribution in [0.15, 0.2) is 12.1 Å². The van der Waals surface area contributed by atoms with Crippen LogP contribution in [0, 0.1) is 0 Å². The normalized spacial score (nSPS) is 28.0. The van der Waals surface area contributed by atoms with E-state index in [0.29, 0.717) is 17.8 Å². The average molecular weight is 301 g/mol. The third kappa shape index (κ3) is 2.67. The molecule has 118 valence electrons. The Morgan fingerprint density at radius 2 is 1.86 bits per heavy atom. The largest absolute Gasteiger partial charge is 0.355 e. The van der Waals surface area contributed by atoms with Gasteiger partial charge in [-0.2, -0.15) is 0 Å². The molecule has 0 aromatic carbocycles. The van der Waals surface area contributed by atoms with Gasteiger partial charge in [0.05, 0.1) is 0 Å². The number of carbonyl (C=O) groups excluding carboxylic acids is 1. The van der Waals surface area contributed by atoms with E-state index < -0.39 is 0 Å². The zero-order valence-corrected chi connectivity index (χ0v) is 12.9. The van der Waals surface area contributed by atoms with Gasteiger partial charge in [-0.15, -0.1) is 10.2 Å². The van der Waals surface area contributed by atoms with Crippen molar-refractivity contribution in [3.63, 3.8) is 0 Å². The molecular formula is C16H23N5O. The highest BCUT2D eigenvalue weighted by atomic mass is 16.2. The highest BCUT2D eigenvalue weighted by Crippen LogP contribution is 2.22. The van der Waals surface area contributed by atoms with E-state index in [4.69, 9.17) is 0 Å². The standard InChI is InChI=1S/C16H23N5O/c22-16(21-10-7-12-3-4-13(11-21)17-12)14-5-6-15(19-18-14)20-8-1-2-9-20/h5-6,12-13,17H,1-4,7-11H2. The Morgan fingerprint density at radius 3 is 2.64 bits per heavy atom. The first-order valence-electron chi connectivity index (χ1n) is 8.43. The molecule has 4 heterocycles. The topological polar surface area (TPSA) is 61.4 Å². The first-order valence-corrected chi connectivity index (χ1v) is 8.43. The van der Waals surface area contributed by atoms with Crippen LogP contribution < -0.4 is 10.2 Å². The van der Waals surface area contributed by atoms with Crippen molar-refractivity contribution in [2.45, 2.75) is 44.2 Å². The molecule has 3 saturated heterocycles. The fraction of sp³-hybridized carbons (Fsp3) is 0.688. The number of anilines is 1. The van der Waals surface area contributed by atoms with E-state index in [0.717, 1.165) is 38.4 Å². The lowest BCUT2D eigenvalue weighted by Crippen LogP contribution is -2.39. The second-order valence-electron chi connectivity index (χ2n) is 6.65. The van der Waals surface area contributed by atoms with Crippen LogP contribution >= 0.6 is 0 Å². The predicted octanol–water partition coefficient (Wildman–Crippen LogP) is 1.04. The van der Waals surface area contributed by atoms with Gasteiger partial charge in [0.1, 0.15) is 0 Å². The van der Waals surface area contributed by atoms with Gasteiger partial charge in [0.25, 0.3) is 5.91 Å². The highest BCUT2D eigenvalue weighted by molar-refractivity contribution is 5.92. The number of amides is 1. The van der Waals surface area contributed by atoms with Gasteiger partial charge in [-0.3, -0.25) is 4.79 Å². The maximum absolute atomic E-state index is 12.6. The summed E-state index contributed by atoms with van der Waals surface area (Å²) in [6.45, 7) is 3.71. The molecule has 2 bridgehead atoms. The zero-order valence-electron chi connectivity index (χ0n) is 12.9. The summed E-state index contributed by atoms with van der Waals surface area (Å²) in [5.74, 6) is 0.917. The van der Waals surface area contributed by atoms with Crippen molar-refractivity contribution in [1.82, 2.24) is 20.4 Å². The number of aromatic nitrogens is 2. The molecule has 1 amide bonds. The van der Waals surface area contributed by atoms with E-state index in [2.05, 4.69) is 20.4 Å². The summed E-state index contributed by atoms with van der Waals surface area (Å²) >= 11 is 0. The molecule has 1 aromatic rings. The van der Waals surface area contributed by atoms with Gasteiger partial charge in [-0.05, 0) is 44.2 Å². The molecule has 6 heteroatoms. The minimum Gasteiger partial charge on any atom is -0.355 e. The Balaban J connectivity index is 1.45. The third-order valence-electron chi connectivity index (χ3n) is 5.11. The lowest BCUT2D eigenvalue weighted by atomic mass is 10.1. The minimum absolute atomic E-state index is 0.0230. The molecule has 1 N–H and O–H groups in total. The highest BCUT2D eigenvalue weighted by Gasteiger charge is 2.31. The van der Waals surface area contributed by atoms with Crippen molar-refractivity contribution in [3.05, 3.63) is 17.8 Å². The van der Waals surface area contributed by atoms with Crippen molar-refractivity contribution in [2.24, 2.45) is 0 Å². The van der Waals surface area contributed by atoms with Gasteiger partial charge in [-0.25, -0.2) is 0 Å². The Kier molecular flexibility index (Phi) is 3.70. The molecule has 2 atom stereocenters. The summed E-state index contributed by atoms with van der Waals surface area (Å²) in [4.78, 5) is 16.8. The summed E-state index contributed by atoms with van der Waals surface area (Å²) in [7, 11) is 0. The molecule has 6 nitrogen and oxygen atoms in total. The number of carbonyl (C=O) groups is 1. The van der Waals surface area contributed by atoms with Gasteiger partial charge < -0.3 is 15.1 Å². The summed E-state index contributed by atoms with van der Waals surface area (Å²) in [5, 5.41) is 12.0. The van der Waals surface area contributed by atoms with Crippen molar-refractivity contribution in [1.29, 1.82) is 0 Å². The van der Waals surface area contributed by atoms with Crippen LogP contribution in [0.2, 0.25) is 0 Å². The Bertz CT molecular complexity index is 540. The first kappa shape index (κ1) is 13.9. The Labute approximate surface area is 130 Å². The van der Waals surface area contributed by atoms with Gasteiger partial charge in [0.2, 0.25) is 0 Å². The molecule has 1 aromatic heterocycles. The van der Waals surface area contributed by atoms with Crippen LogP contribution in [0.3, 0.4) is 0 Å². The monoisotopic (exact) mass is 301 g/mol. The molecule has 0 saturated carbocycles. The smallest absolute Gasteiger partial charge is 0.274 e. The van der Waals surface area contributed by atoms with E-state index >= 15 is 0 Å². The molecule has 4 rings (SSSR count). The van der Waals surface area contributed by atoms with Crippen LogP contribution in [0.1, 0.15) is 42.6 Å². The number of hydrogen-bond acceptors (Lipinski definition) is 5. The number of hydrogen-bond donors (Lipinski definition) is 1. The lowest BCUT2D eigenvalue weighted by molar-refractivity contribution is 0.0741. The van der Waals surface area contributed by atoms with E-state index in [1.165, 1.54) is 25.7 Å². The predicted molar refractivity (Wildman–Crippen MR) is 83.9 cm³/mol. The van der Waals surface area contributed by atoms with Crippen LogP contribution in [-0.4, -0.2) is 59.3 Å². The molecule has 0 aliphatic carbocycles. The van der Waals surface area contributed by atoms with Crippen LogP contribution in [-0.2, 0) is 0 Å². The quantitative estimate of drug-likeness (QED) is 0.884. The second kappa shape index (κ2) is 5.83. The second-order valence-corrected chi connectivity index (χ2v) is 6.65. The van der Waals surface area contributed by atoms with Crippen LogP contribution in [0.25, 0.3) is 0 Å². The molecule has 22 heavy (non-hydrogen) atoms. The summed E-state index contributed by atoms with van der Waals surface area (Å²) in [5.41, 5.74) is 0.473. The summed E-state index contributed by atoms with van der Waals surface area (Å²) in [6, 6.07) is 4.81. The fourth-order valence-electron chi connectivity index (χ4n) is 3.84. The van der Waals surface area contributed by atoms with Crippen molar-refractivity contribution in [2.75, 3.05) is 31.1 Å². The molecule has 3 aliphatic heterocycles. The molecule has 0 spiro atoms. The van der Waals surface area contributed by atoms with Crippen LogP contribution in [0.4, 0.5) is 5.82 Å². The summed E-state index contributed by atoms with van der Waals surface area (Å²) < 4.78 is 0.